The van der Waals surface area contributed by atoms with Crippen LogP contribution in [0.15, 0.2) is 12.1 Å². The van der Waals surface area contributed by atoms with Gasteiger partial charge in [0.2, 0.25) is 0 Å². The van der Waals surface area contributed by atoms with Crippen molar-refractivity contribution in [3.8, 4) is 0 Å². The van der Waals surface area contributed by atoms with Crippen molar-refractivity contribution in [3.63, 3.8) is 0 Å². The summed E-state index contributed by atoms with van der Waals surface area (Å²) in [4.78, 5) is 0. The van der Waals surface area contributed by atoms with Crippen molar-refractivity contribution < 1.29 is 0 Å². The van der Waals surface area contributed by atoms with Crippen LogP contribution in [0.5, 0.6) is 0 Å². The largest absolute Gasteiger partial charge is 0.381 e. The van der Waals surface area contributed by atoms with Gasteiger partial charge in [0.1, 0.15) is 0 Å². The highest BCUT2D eigenvalue weighted by Crippen LogP contribution is 2.31. The minimum Gasteiger partial charge on any atom is -0.381 e. The predicted octanol–water partition coefficient (Wildman–Crippen LogP) is 2.93. The molecule has 1 aromatic carbocycles. The van der Waals surface area contributed by atoms with Gasteiger partial charge in [-0.05, 0) is 31.7 Å². The predicted molar refractivity (Wildman–Crippen MR) is 63.6 cm³/mol. The zero-order valence-electron chi connectivity index (χ0n) is 8.32. The summed E-state index contributed by atoms with van der Waals surface area (Å²) in [5.41, 5.74) is 1.88. The van der Waals surface area contributed by atoms with Crippen molar-refractivity contribution in [2.45, 2.75) is 6.92 Å². The van der Waals surface area contributed by atoms with E-state index in [1.54, 1.807) is 0 Å². The first kappa shape index (κ1) is 11.6. The molecule has 0 radical (unpaired) electrons. The second kappa shape index (κ2) is 5.44. The van der Waals surface area contributed by atoms with Crippen LogP contribution in [0.1, 0.15) is 5.56 Å². The molecule has 4 heteroatoms. The van der Waals surface area contributed by atoms with Crippen molar-refractivity contribution >= 4 is 28.9 Å². The van der Waals surface area contributed by atoms with Crippen molar-refractivity contribution in [1.29, 1.82) is 0 Å². The average molecular weight is 233 g/mol. The van der Waals surface area contributed by atoms with E-state index in [9.17, 15) is 0 Å². The SMILES string of the molecule is CNCCNc1c(Cl)cc(C)cc1Cl. The number of rotatable bonds is 4. The van der Waals surface area contributed by atoms with E-state index in [0.29, 0.717) is 10.0 Å². The molecule has 0 unspecified atom stereocenters. The fraction of sp³-hybridized carbons (Fsp3) is 0.400. The normalized spacial score (nSPS) is 10.3. The van der Waals surface area contributed by atoms with Crippen molar-refractivity contribution in [2.24, 2.45) is 0 Å². The van der Waals surface area contributed by atoms with Crippen LogP contribution in [-0.4, -0.2) is 20.1 Å². The smallest absolute Gasteiger partial charge is 0.0719 e. The molecule has 0 saturated heterocycles. The standard InChI is InChI=1S/C10H14Cl2N2/c1-7-5-8(11)10(9(12)6-7)14-4-3-13-2/h5-6,13-14H,3-4H2,1-2H3. The van der Waals surface area contributed by atoms with Gasteiger partial charge < -0.3 is 10.6 Å². The summed E-state index contributed by atoms with van der Waals surface area (Å²) in [6.07, 6.45) is 0. The van der Waals surface area contributed by atoms with Gasteiger partial charge in [0.05, 0.1) is 15.7 Å². The second-order valence-corrected chi connectivity index (χ2v) is 3.95. The van der Waals surface area contributed by atoms with Crippen molar-refractivity contribution in [2.75, 3.05) is 25.5 Å². The van der Waals surface area contributed by atoms with E-state index >= 15 is 0 Å². The average Bonchev–Trinajstić information content (AvgIpc) is 2.09. The lowest BCUT2D eigenvalue weighted by molar-refractivity contribution is 0.824. The number of halogens is 2. The molecule has 0 aromatic heterocycles. The number of hydrogen-bond donors (Lipinski definition) is 2. The van der Waals surface area contributed by atoms with Crippen LogP contribution in [0.2, 0.25) is 10.0 Å². The van der Waals surface area contributed by atoms with Crippen LogP contribution >= 0.6 is 23.2 Å². The molecule has 0 aliphatic heterocycles. The number of nitrogens with one attached hydrogen (secondary N) is 2. The molecular weight excluding hydrogens is 219 g/mol. The lowest BCUT2D eigenvalue weighted by atomic mass is 10.2. The summed E-state index contributed by atoms with van der Waals surface area (Å²) in [5.74, 6) is 0. The van der Waals surface area contributed by atoms with Crippen molar-refractivity contribution in [1.82, 2.24) is 5.32 Å². The summed E-state index contributed by atoms with van der Waals surface area (Å²) in [6, 6.07) is 3.80. The van der Waals surface area contributed by atoms with Gasteiger partial charge in [0.25, 0.3) is 0 Å². The summed E-state index contributed by atoms with van der Waals surface area (Å²) in [6.45, 7) is 3.65. The maximum atomic E-state index is 6.05. The Bertz CT molecular complexity index is 290. The Morgan fingerprint density at radius 2 is 1.71 bits per heavy atom. The molecule has 0 bridgehead atoms. The van der Waals surface area contributed by atoms with Crippen LogP contribution in [0.3, 0.4) is 0 Å². The molecule has 0 aliphatic rings. The highest BCUT2D eigenvalue weighted by molar-refractivity contribution is 6.39. The third kappa shape index (κ3) is 3.05. The summed E-state index contributed by atoms with van der Waals surface area (Å²) < 4.78 is 0. The fourth-order valence-electron chi connectivity index (χ4n) is 1.18. The molecule has 0 heterocycles. The number of likely N-dealkylation sites (N-methyl/N-ethyl adjacent to an activating group) is 1. The van der Waals surface area contributed by atoms with Gasteiger partial charge in [-0.2, -0.15) is 0 Å². The lowest BCUT2D eigenvalue weighted by Gasteiger charge is -2.10. The van der Waals surface area contributed by atoms with Crippen molar-refractivity contribution in [3.05, 3.63) is 27.7 Å². The van der Waals surface area contributed by atoms with Gasteiger partial charge >= 0.3 is 0 Å². The van der Waals surface area contributed by atoms with Crippen LogP contribution < -0.4 is 10.6 Å². The zero-order valence-corrected chi connectivity index (χ0v) is 9.84. The van der Waals surface area contributed by atoms with Gasteiger partial charge in [0.15, 0.2) is 0 Å². The maximum absolute atomic E-state index is 6.05. The molecule has 78 valence electrons. The minimum atomic E-state index is 0.672. The van der Waals surface area contributed by atoms with Gasteiger partial charge in [0, 0.05) is 13.1 Å². The maximum Gasteiger partial charge on any atom is 0.0719 e. The number of hydrogen-bond acceptors (Lipinski definition) is 2. The summed E-state index contributed by atoms with van der Waals surface area (Å²) in [5, 5.41) is 7.57. The van der Waals surface area contributed by atoms with E-state index in [-0.39, 0.29) is 0 Å². The Kier molecular flexibility index (Phi) is 4.52. The van der Waals surface area contributed by atoms with Crippen LogP contribution in [0.4, 0.5) is 5.69 Å². The first-order valence-electron chi connectivity index (χ1n) is 4.49. The quantitative estimate of drug-likeness (QED) is 0.781. The highest BCUT2D eigenvalue weighted by atomic mass is 35.5. The second-order valence-electron chi connectivity index (χ2n) is 3.13. The highest BCUT2D eigenvalue weighted by Gasteiger charge is 2.05. The van der Waals surface area contributed by atoms with Gasteiger partial charge in [-0.15, -0.1) is 0 Å². The van der Waals surface area contributed by atoms with Gasteiger partial charge in [-0.25, -0.2) is 0 Å². The molecule has 1 rings (SSSR count). The van der Waals surface area contributed by atoms with Crippen LogP contribution in [0, 0.1) is 6.92 Å². The Hall–Kier alpha value is -0.440. The zero-order chi connectivity index (χ0) is 10.6. The lowest BCUT2D eigenvalue weighted by Crippen LogP contribution is -2.18. The minimum absolute atomic E-state index is 0.672. The monoisotopic (exact) mass is 232 g/mol. The number of aryl methyl sites for hydroxylation is 1. The molecule has 1 aromatic rings. The van der Waals surface area contributed by atoms with Crippen LogP contribution in [-0.2, 0) is 0 Å². The third-order valence-electron chi connectivity index (χ3n) is 1.86. The Labute approximate surface area is 94.6 Å². The van der Waals surface area contributed by atoms with E-state index in [1.165, 1.54) is 0 Å². The van der Waals surface area contributed by atoms with E-state index < -0.39 is 0 Å². The molecule has 0 fully saturated rings. The molecule has 2 N–H and O–H groups in total. The molecule has 0 amide bonds. The van der Waals surface area contributed by atoms with E-state index in [4.69, 9.17) is 23.2 Å². The molecule has 0 saturated carbocycles. The van der Waals surface area contributed by atoms with E-state index in [1.807, 2.05) is 26.1 Å². The first-order valence-corrected chi connectivity index (χ1v) is 5.25. The fourth-order valence-corrected chi connectivity index (χ4v) is 1.91. The summed E-state index contributed by atoms with van der Waals surface area (Å²) >= 11 is 12.1. The van der Waals surface area contributed by atoms with Gasteiger partial charge in [-0.1, -0.05) is 23.2 Å². The Morgan fingerprint density at radius 1 is 1.14 bits per heavy atom. The van der Waals surface area contributed by atoms with Gasteiger partial charge in [-0.3, -0.25) is 0 Å². The molecule has 0 atom stereocenters. The number of benzene rings is 1. The Balaban J connectivity index is 2.75. The summed E-state index contributed by atoms with van der Waals surface area (Å²) in [7, 11) is 1.90. The Morgan fingerprint density at radius 3 is 2.21 bits per heavy atom. The van der Waals surface area contributed by atoms with E-state index in [2.05, 4.69) is 10.6 Å². The van der Waals surface area contributed by atoms with E-state index in [0.717, 1.165) is 24.3 Å². The van der Waals surface area contributed by atoms with Crippen LogP contribution in [0.25, 0.3) is 0 Å². The molecule has 0 spiro atoms. The first-order chi connectivity index (χ1) is 6.65. The molecular formula is C10H14Cl2N2. The molecule has 14 heavy (non-hydrogen) atoms. The topological polar surface area (TPSA) is 24.1 Å². The molecule has 0 aliphatic carbocycles. The number of anilines is 1. The third-order valence-corrected chi connectivity index (χ3v) is 2.46. The molecule has 2 nitrogen and oxygen atoms in total.